The normalized spacial score (nSPS) is 17.7. The van der Waals surface area contributed by atoms with E-state index in [9.17, 15) is 0 Å². The molecule has 0 bridgehead atoms. The van der Waals surface area contributed by atoms with Gasteiger partial charge in [0.15, 0.2) is 0 Å². The summed E-state index contributed by atoms with van der Waals surface area (Å²) in [5.41, 5.74) is 5.32. The summed E-state index contributed by atoms with van der Waals surface area (Å²) in [6.45, 7) is 8.52. The molecule has 1 heterocycles. The minimum atomic E-state index is 0.766. The summed E-state index contributed by atoms with van der Waals surface area (Å²) >= 11 is 0. The molecule has 0 aliphatic heterocycles. The Morgan fingerprint density at radius 3 is 2.55 bits per heavy atom. The standard InChI is InChI=1S/C17H29N3/c1-5-18-12-16(15-9-7-6-8-10-15)11-17-13(2)19-20(4)14(17)3/h11,15,18H,5-10,12H2,1-4H3. The first kappa shape index (κ1) is 15.3. The zero-order chi connectivity index (χ0) is 14.5. The van der Waals surface area contributed by atoms with Crippen LogP contribution < -0.4 is 5.32 Å². The molecule has 0 radical (unpaired) electrons. The number of nitrogens with one attached hydrogen (secondary N) is 1. The Labute approximate surface area is 123 Å². The fourth-order valence-electron chi connectivity index (χ4n) is 3.24. The quantitative estimate of drug-likeness (QED) is 0.889. The van der Waals surface area contributed by atoms with Gasteiger partial charge >= 0.3 is 0 Å². The third-order valence-electron chi connectivity index (χ3n) is 4.60. The number of aromatic nitrogens is 2. The molecule has 0 amide bonds. The van der Waals surface area contributed by atoms with Gasteiger partial charge < -0.3 is 5.32 Å². The third-order valence-corrected chi connectivity index (χ3v) is 4.60. The molecule has 3 heteroatoms. The van der Waals surface area contributed by atoms with Crippen LogP contribution in [0.4, 0.5) is 0 Å². The van der Waals surface area contributed by atoms with Crippen LogP contribution in [0.5, 0.6) is 0 Å². The van der Waals surface area contributed by atoms with Crippen LogP contribution in [0, 0.1) is 19.8 Å². The first-order valence-corrected chi connectivity index (χ1v) is 8.04. The molecule has 0 spiro atoms. The second kappa shape index (κ2) is 7.07. The summed E-state index contributed by atoms with van der Waals surface area (Å²) < 4.78 is 1.99. The van der Waals surface area contributed by atoms with E-state index in [1.807, 2.05) is 11.7 Å². The number of aryl methyl sites for hydroxylation is 2. The van der Waals surface area contributed by atoms with Crippen LogP contribution in [0.1, 0.15) is 56.0 Å². The van der Waals surface area contributed by atoms with Crippen LogP contribution in [0.2, 0.25) is 0 Å². The molecule has 3 nitrogen and oxygen atoms in total. The first-order valence-electron chi connectivity index (χ1n) is 8.04. The number of hydrogen-bond acceptors (Lipinski definition) is 2. The lowest BCUT2D eigenvalue weighted by Crippen LogP contribution is -2.22. The van der Waals surface area contributed by atoms with Gasteiger partial charge in [-0.25, -0.2) is 0 Å². The highest BCUT2D eigenvalue weighted by atomic mass is 15.3. The fraction of sp³-hybridized carbons (Fsp3) is 0.706. The predicted molar refractivity (Wildman–Crippen MR) is 85.8 cm³/mol. The number of hydrogen-bond donors (Lipinski definition) is 1. The van der Waals surface area contributed by atoms with Crippen LogP contribution in [0.25, 0.3) is 6.08 Å². The highest BCUT2D eigenvalue weighted by Crippen LogP contribution is 2.31. The molecule has 1 N–H and O–H groups in total. The summed E-state index contributed by atoms with van der Waals surface area (Å²) in [4.78, 5) is 0. The monoisotopic (exact) mass is 275 g/mol. The van der Waals surface area contributed by atoms with Gasteiger partial charge in [-0.3, -0.25) is 4.68 Å². The lowest BCUT2D eigenvalue weighted by molar-refractivity contribution is 0.397. The Morgan fingerprint density at radius 1 is 1.30 bits per heavy atom. The maximum absolute atomic E-state index is 4.54. The predicted octanol–water partition coefficient (Wildman–Crippen LogP) is 3.61. The molecule has 1 fully saturated rings. The van der Waals surface area contributed by atoms with E-state index in [0.29, 0.717) is 0 Å². The Kier molecular flexibility index (Phi) is 5.41. The van der Waals surface area contributed by atoms with E-state index in [1.165, 1.54) is 43.4 Å². The lowest BCUT2D eigenvalue weighted by atomic mass is 9.83. The van der Waals surface area contributed by atoms with Gasteiger partial charge in [0, 0.05) is 24.8 Å². The molecular formula is C17H29N3. The molecule has 0 saturated heterocycles. The van der Waals surface area contributed by atoms with Gasteiger partial charge in [0.25, 0.3) is 0 Å². The smallest absolute Gasteiger partial charge is 0.0668 e. The molecule has 0 atom stereocenters. The molecule has 1 saturated carbocycles. The van der Waals surface area contributed by atoms with Crippen molar-refractivity contribution in [2.75, 3.05) is 13.1 Å². The highest BCUT2D eigenvalue weighted by Gasteiger charge is 2.18. The summed E-state index contributed by atoms with van der Waals surface area (Å²) in [6, 6.07) is 0. The largest absolute Gasteiger partial charge is 0.313 e. The zero-order valence-electron chi connectivity index (χ0n) is 13.5. The first-order chi connectivity index (χ1) is 9.63. The maximum Gasteiger partial charge on any atom is 0.0668 e. The average molecular weight is 275 g/mol. The molecule has 112 valence electrons. The molecule has 1 aliphatic rings. The van der Waals surface area contributed by atoms with Crippen molar-refractivity contribution in [3.05, 3.63) is 22.5 Å². The molecule has 1 aromatic heterocycles. The van der Waals surface area contributed by atoms with E-state index in [-0.39, 0.29) is 0 Å². The lowest BCUT2D eigenvalue weighted by Gasteiger charge is -2.25. The van der Waals surface area contributed by atoms with E-state index >= 15 is 0 Å². The Balaban J connectivity index is 2.26. The average Bonchev–Trinajstić information content (AvgIpc) is 2.70. The third kappa shape index (κ3) is 3.51. The molecule has 0 aromatic carbocycles. The Morgan fingerprint density at radius 2 is 2.00 bits per heavy atom. The fourth-order valence-corrected chi connectivity index (χ4v) is 3.24. The van der Waals surface area contributed by atoms with Crippen molar-refractivity contribution in [2.45, 2.75) is 52.9 Å². The van der Waals surface area contributed by atoms with Gasteiger partial charge in [0.05, 0.1) is 5.69 Å². The summed E-state index contributed by atoms with van der Waals surface area (Å²) in [6.07, 6.45) is 9.32. The Bertz CT molecular complexity index is 465. The number of nitrogens with zero attached hydrogens (tertiary/aromatic N) is 2. The van der Waals surface area contributed by atoms with Crippen molar-refractivity contribution < 1.29 is 0 Å². The Hall–Kier alpha value is -1.09. The molecule has 2 rings (SSSR count). The second-order valence-corrected chi connectivity index (χ2v) is 6.04. The van der Waals surface area contributed by atoms with Crippen molar-refractivity contribution >= 4 is 6.08 Å². The van der Waals surface area contributed by atoms with Crippen molar-refractivity contribution in [1.29, 1.82) is 0 Å². The van der Waals surface area contributed by atoms with Crippen molar-refractivity contribution in [2.24, 2.45) is 13.0 Å². The molecule has 1 aliphatic carbocycles. The van der Waals surface area contributed by atoms with Crippen LogP contribution in [0.15, 0.2) is 5.57 Å². The van der Waals surface area contributed by atoms with Crippen LogP contribution in [-0.2, 0) is 7.05 Å². The van der Waals surface area contributed by atoms with E-state index in [4.69, 9.17) is 0 Å². The van der Waals surface area contributed by atoms with E-state index < -0.39 is 0 Å². The maximum atomic E-state index is 4.54. The zero-order valence-corrected chi connectivity index (χ0v) is 13.5. The summed E-state index contributed by atoms with van der Waals surface area (Å²) in [5.74, 6) is 0.766. The SMILES string of the molecule is CCNCC(=Cc1c(C)nn(C)c1C)C1CCCCC1. The van der Waals surface area contributed by atoms with E-state index in [2.05, 4.69) is 37.3 Å². The summed E-state index contributed by atoms with van der Waals surface area (Å²) in [7, 11) is 2.03. The van der Waals surface area contributed by atoms with E-state index in [0.717, 1.165) is 24.7 Å². The van der Waals surface area contributed by atoms with Gasteiger partial charge in [-0.05, 0) is 39.2 Å². The number of rotatable bonds is 5. The molecule has 0 unspecified atom stereocenters. The molecule has 20 heavy (non-hydrogen) atoms. The second-order valence-electron chi connectivity index (χ2n) is 6.04. The minimum Gasteiger partial charge on any atom is -0.313 e. The van der Waals surface area contributed by atoms with Crippen LogP contribution >= 0.6 is 0 Å². The van der Waals surface area contributed by atoms with Gasteiger partial charge in [0.1, 0.15) is 0 Å². The summed E-state index contributed by atoms with van der Waals surface area (Å²) in [5, 5.41) is 8.06. The van der Waals surface area contributed by atoms with Crippen molar-refractivity contribution in [1.82, 2.24) is 15.1 Å². The van der Waals surface area contributed by atoms with Crippen LogP contribution in [-0.4, -0.2) is 22.9 Å². The van der Waals surface area contributed by atoms with Gasteiger partial charge in [0.2, 0.25) is 0 Å². The van der Waals surface area contributed by atoms with Gasteiger partial charge in [-0.2, -0.15) is 5.10 Å². The topological polar surface area (TPSA) is 29.9 Å². The van der Waals surface area contributed by atoms with Gasteiger partial charge in [-0.1, -0.05) is 37.8 Å². The van der Waals surface area contributed by atoms with Gasteiger partial charge in [-0.15, -0.1) is 0 Å². The number of likely N-dealkylation sites (N-methyl/N-ethyl adjacent to an activating group) is 1. The highest BCUT2D eigenvalue weighted by molar-refractivity contribution is 5.58. The van der Waals surface area contributed by atoms with E-state index in [1.54, 1.807) is 5.57 Å². The van der Waals surface area contributed by atoms with Crippen LogP contribution in [0.3, 0.4) is 0 Å². The van der Waals surface area contributed by atoms with Crippen molar-refractivity contribution in [3.63, 3.8) is 0 Å². The van der Waals surface area contributed by atoms with Crippen molar-refractivity contribution in [3.8, 4) is 0 Å². The molecular weight excluding hydrogens is 246 g/mol. The molecule has 1 aromatic rings. The minimum absolute atomic E-state index is 0.766.